The van der Waals surface area contributed by atoms with Crippen LogP contribution in [0.15, 0.2) is 18.2 Å². The summed E-state index contributed by atoms with van der Waals surface area (Å²) in [4.78, 5) is 0. The zero-order valence-electron chi connectivity index (χ0n) is 13.9. The van der Waals surface area contributed by atoms with Gasteiger partial charge in [-0.15, -0.1) is 0 Å². The van der Waals surface area contributed by atoms with E-state index in [1.165, 1.54) is 30.4 Å². The second-order valence-electron chi connectivity index (χ2n) is 7.96. The molecule has 1 aromatic carbocycles. The van der Waals surface area contributed by atoms with E-state index in [1.807, 2.05) is 0 Å². The van der Waals surface area contributed by atoms with Gasteiger partial charge in [0.25, 0.3) is 0 Å². The molecule has 0 aliphatic heterocycles. The van der Waals surface area contributed by atoms with Gasteiger partial charge in [-0.05, 0) is 66.5 Å². The number of rotatable bonds is 1. The molecule has 0 amide bonds. The highest BCUT2D eigenvalue weighted by Crippen LogP contribution is 2.57. The van der Waals surface area contributed by atoms with Crippen LogP contribution in [0.4, 0.5) is 0 Å². The van der Waals surface area contributed by atoms with Crippen LogP contribution in [-0.4, -0.2) is 0 Å². The molecule has 1 aromatic rings. The van der Waals surface area contributed by atoms with Crippen LogP contribution < -0.4 is 0 Å². The van der Waals surface area contributed by atoms with Gasteiger partial charge in [-0.2, -0.15) is 5.26 Å². The Labute approximate surface area is 129 Å². The molecule has 1 fully saturated rings. The van der Waals surface area contributed by atoms with Crippen molar-refractivity contribution in [1.29, 1.82) is 5.26 Å². The first-order valence-electron chi connectivity index (χ1n) is 8.45. The van der Waals surface area contributed by atoms with Crippen molar-refractivity contribution in [3.8, 4) is 6.07 Å². The van der Waals surface area contributed by atoms with Crippen LogP contribution in [0.1, 0.15) is 76.0 Å². The number of benzene rings is 1. The number of hydrogen-bond donors (Lipinski definition) is 0. The van der Waals surface area contributed by atoms with Gasteiger partial charge in [0, 0.05) is 0 Å². The van der Waals surface area contributed by atoms with Crippen molar-refractivity contribution < 1.29 is 0 Å². The molecule has 0 aromatic heterocycles. The lowest BCUT2D eigenvalue weighted by molar-refractivity contribution is 0.0688. The fraction of sp³-hybridized carbons (Fsp3) is 0.650. The third kappa shape index (κ3) is 2.11. The van der Waals surface area contributed by atoms with Gasteiger partial charge >= 0.3 is 0 Å². The minimum Gasteiger partial charge on any atom is -0.198 e. The largest absolute Gasteiger partial charge is 0.198 e. The Kier molecular flexibility index (Phi) is 3.40. The molecule has 1 nitrogen and oxygen atoms in total. The summed E-state index contributed by atoms with van der Waals surface area (Å²) in [5, 5.41) is 9.72. The molecule has 0 radical (unpaired) electrons. The van der Waals surface area contributed by atoms with Crippen molar-refractivity contribution in [2.45, 2.75) is 71.1 Å². The number of fused-ring (bicyclic) bond motifs is 3. The lowest BCUT2D eigenvalue weighted by Crippen LogP contribution is -2.48. The Bertz CT molecular complexity index is 594. The molecule has 21 heavy (non-hydrogen) atoms. The molecule has 0 heterocycles. The Morgan fingerprint density at radius 3 is 2.67 bits per heavy atom. The quantitative estimate of drug-likeness (QED) is 0.681. The van der Waals surface area contributed by atoms with Gasteiger partial charge in [0.15, 0.2) is 0 Å². The van der Waals surface area contributed by atoms with E-state index in [4.69, 9.17) is 0 Å². The smallest absolute Gasteiger partial charge is 0.0690 e. The second-order valence-corrected chi connectivity index (χ2v) is 7.96. The summed E-state index contributed by atoms with van der Waals surface area (Å²) >= 11 is 0. The summed E-state index contributed by atoms with van der Waals surface area (Å²) in [5.41, 5.74) is 4.59. The summed E-state index contributed by atoms with van der Waals surface area (Å²) in [6.07, 6.45) is 5.82. The Morgan fingerprint density at radius 2 is 2.00 bits per heavy atom. The van der Waals surface area contributed by atoms with E-state index in [-0.39, 0.29) is 10.8 Å². The topological polar surface area (TPSA) is 23.8 Å². The molecular weight excluding hydrogens is 254 g/mol. The van der Waals surface area contributed by atoms with Gasteiger partial charge in [-0.1, -0.05) is 45.4 Å². The summed E-state index contributed by atoms with van der Waals surface area (Å²) in [6, 6.07) is 9.79. The Balaban J connectivity index is 2.08. The van der Waals surface area contributed by atoms with E-state index >= 15 is 0 Å². The highest BCUT2D eigenvalue weighted by Gasteiger charge is 2.51. The van der Waals surface area contributed by atoms with Crippen molar-refractivity contribution >= 4 is 0 Å². The molecule has 0 N–H and O–H groups in total. The third-order valence-corrected chi connectivity index (χ3v) is 6.30. The molecular formula is C20H27N. The standard InChI is InChI=1S/C20H27N/c1-14(2)15-6-8-17-16(12-15)7-9-18-19(3,13-21)10-5-11-20(17,18)4/h6,8,12,14,18H,5,7,9-11H2,1-4H3/t18-,19+,20+/m1/s1. The van der Waals surface area contributed by atoms with E-state index in [2.05, 4.69) is 52.0 Å². The molecule has 0 unspecified atom stereocenters. The maximum atomic E-state index is 9.72. The Hall–Kier alpha value is -1.29. The summed E-state index contributed by atoms with van der Waals surface area (Å²) in [7, 11) is 0. The number of aryl methyl sites for hydroxylation is 1. The zero-order chi connectivity index (χ0) is 15.3. The molecule has 1 saturated carbocycles. The predicted octanol–water partition coefficient (Wildman–Crippen LogP) is 5.34. The lowest BCUT2D eigenvalue weighted by atomic mass is 9.50. The maximum absolute atomic E-state index is 9.72. The number of nitrogens with zero attached hydrogens (tertiary/aromatic N) is 1. The van der Waals surface area contributed by atoms with Crippen LogP contribution in [0.3, 0.4) is 0 Å². The van der Waals surface area contributed by atoms with Gasteiger partial charge in [-0.3, -0.25) is 0 Å². The van der Waals surface area contributed by atoms with Crippen LogP contribution in [-0.2, 0) is 11.8 Å². The van der Waals surface area contributed by atoms with Crippen LogP contribution in [0.2, 0.25) is 0 Å². The minimum atomic E-state index is -0.137. The Morgan fingerprint density at radius 1 is 1.24 bits per heavy atom. The monoisotopic (exact) mass is 281 g/mol. The SMILES string of the molecule is CC(C)c1ccc2c(c1)CC[C@H]1[C@@]2(C)CCC[C@@]1(C)C#N. The fourth-order valence-corrected chi connectivity index (χ4v) is 5.00. The molecule has 3 atom stereocenters. The predicted molar refractivity (Wildman–Crippen MR) is 87.3 cm³/mol. The molecule has 112 valence electrons. The first-order valence-corrected chi connectivity index (χ1v) is 8.45. The van der Waals surface area contributed by atoms with Gasteiger partial charge in [0.05, 0.1) is 11.5 Å². The van der Waals surface area contributed by atoms with Crippen molar-refractivity contribution in [2.24, 2.45) is 11.3 Å². The number of nitriles is 1. The normalized spacial score (nSPS) is 35.0. The van der Waals surface area contributed by atoms with Crippen LogP contribution in [0.5, 0.6) is 0 Å². The van der Waals surface area contributed by atoms with E-state index in [9.17, 15) is 5.26 Å². The van der Waals surface area contributed by atoms with Crippen molar-refractivity contribution in [1.82, 2.24) is 0 Å². The summed E-state index contributed by atoms with van der Waals surface area (Å²) in [6.45, 7) is 9.15. The van der Waals surface area contributed by atoms with Gasteiger partial charge in [0.1, 0.15) is 0 Å². The summed E-state index contributed by atoms with van der Waals surface area (Å²) < 4.78 is 0. The summed E-state index contributed by atoms with van der Waals surface area (Å²) in [5.74, 6) is 1.11. The van der Waals surface area contributed by atoms with Crippen LogP contribution in [0.25, 0.3) is 0 Å². The molecule has 0 saturated heterocycles. The van der Waals surface area contributed by atoms with E-state index in [0.717, 1.165) is 12.8 Å². The van der Waals surface area contributed by atoms with Gasteiger partial charge in [0.2, 0.25) is 0 Å². The highest BCUT2D eigenvalue weighted by atomic mass is 14.6. The van der Waals surface area contributed by atoms with Crippen molar-refractivity contribution in [2.75, 3.05) is 0 Å². The highest BCUT2D eigenvalue weighted by molar-refractivity contribution is 5.42. The van der Waals surface area contributed by atoms with Crippen molar-refractivity contribution in [3.63, 3.8) is 0 Å². The molecule has 1 heteroatoms. The first kappa shape index (κ1) is 14.6. The van der Waals surface area contributed by atoms with Gasteiger partial charge in [-0.25, -0.2) is 0 Å². The van der Waals surface area contributed by atoms with Crippen LogP contribution >= 0.6 is 0 Å². The first-order chi connectivity index (χ1) is 9.90. The van der Waals surface area contributed by atoms with E-state index < -0.39 is 0 Å². The molecule has 0 spiro atoms. The third-order valence-electron chi connectivity index (χ3n) is 6.30. The molecule has 3 rings (SSSR count). The average molecular weight is 281 g/mol. The minimum absolute atomic E-state index is 0.137. The van der Waals surface area contributed by atoms with Crippen molar-refractivity contribution in [3.05, 3.63) is 34.9 Å². The molecule has 2 aliphatic rings. The van der Waals surface area contributed by atoms with E-state index in [0.29, 0.717) is 11.8 Å². The average Bonchev–Trinajstić information content (AvgIpc) is 2.46. The fourth-order valence-electron chi connectivity index (χ4n) is 5.00. The molecule has 0 bridgehead atoms. The molecule has 2 aliphatic carbocycles. The maximum Gasteiger partial charge on any atom is 0.0690 e. The van der Waals surface area contributed by atoms with Gasteiger partial charge < -0.3 is 0 Å². The van der Waals surface area contributed by atoms with E-state index in [1.54, 1.807) is 5.56 Å². The number of hydrogen-bond acceptors (Lipinski definition) is 1. The zero-order valence-corrected chi connectivity index (χ0v) is 13.9. The lowest BCUT2D eigenvalue weighted by Gasteiger charge is -2.53. The van der Waals surface area contributed by atoms with Crippen LogP contribution in [0, 0.1) is 22.7 Å². The second kappa shape index (κ2) is 4.87.